The van der Waals surface area contributed by atoms with Gasteiger partial charge in [0.15, 0.2) is 5.78 Å². The number of methoxy groups -OCH3 is 1. The summed E-state index contributed by atoms with van der Waals surface area (Å²) >= 11 is 0. The number of nitrogens with one attached hydrogen (secondary N) is 2. The molecule has 6 aliphatic carbocycles. The first kappa shape index (κ1) is 47.7. The Bertz CT molecular complexity index is 2400. The Hall–Kier alpha value is -4.81. The number of fused-ring (bicyclic) bond motifs is 7. The molecule has 0 saturated heterocycles. The molecule has 5 saturated carbocycles. The fourth-order valence-corrected chi connectivity index (χ4v) is 15.2. The predicted octanol–water partition coefficient (Wildman–Crippen LogP) is 9.18. The molecule has 5 fully saturated rings. The van der Waals surface area contributed by atoms with Gasteiger partial charge in [-0.05, 0) is 134 Å². The van der Waals surface area contributed by atoms with Crippen molar-refractivity contribution in [2.75, 3.05) is 7.11 Å². The Morgan fingerprint density at radius 3 is 2.15 bits per heavy atom. The van der Waals surface area contributed by atoms with Gasteiger partial charge in [-0.3, -0.25) is 24.0 Å². The van der Waals surface area contributed by atoms with Crippen LogP contribution in [0.2, 0.25) is 0 Å². The van der Waals surface area contributed by atoms with Crippen LogP contribution in [0.1, 0.15) is 151 Å². The maximum atomic E-state index is 14.7. The zero-order valence-electron chi connectivity index (χ0n) is 41.2. The lowest BCUT2D eigenvalue weighted by Gasteiger charge is -2.72. The minimum Gasteiger partial charge on any atom is -0.481 e. The molecule has 1 aromatic heterocycles. The van der Waals surface area contributed by atoms with Gasteiger partial charge in [-0.15, -0.1) is 0 Å². The van der Waals surface area contributed by atoms with E-state index in [9.17, 15) is 33.9 Å². The highest BCUT2D eigenvalue weighted by atomic mass is 16.5. The molecule has 6 aliphatic rings. The summed E-state index contributed by atoms with van der Waals surface area (Å²) in [7, 11) is 1.21. The van der Waals surface area contributed by atoms with Crippen LogP contribution in [0.5, 0.6) is 0 Å². The van der Waals surface area contributed by atoms with E-state index in [1.807, 2.05) is 44.2 Å². The summed E-state index contributed by atoms with van der Waals surface area (Å²) in [6, 6.07) is 10.7. The molecule has 2 aromatic rings. The third-order valence-electron chi connectivity index (χ3n) is 19.2. The topological polar surface area (TPSA) is 183 Å². The highest BCUT2D eigenvalue weighted by Crippen LogP contribution is 2.76. The summed E-state index contributed by atoms with van der Waals surface area (Å²) in [5.74, 6) is -2.40. The van der Waals surface area contributed by atoms with Crippen molar-refractivity contribution < 1.29 is 43.3 Å². The van der Waals surface area contributed by atoms with Crippen LogP contribution in [0.4, 0.5) is 4.79 Å². The third-order valence-corrected chi connectivity index (χ3v) is 19.2. The van der Waals surface area contributed by atoms with Crippen molar-refractivity contribution in [3.05, 3.63) is 53.2 Å². The number of aliphatic carboxylic acids is 1. The molecule has 8 rings (SSSR count). The van der Waals surface area contributed by atoms with Gasteiger partial charge in [0, 0.05) is 17.4 Å². The molecule has 0 bridgehead atoms. The van der Waals surface area contributed by atoms with Crippen LogP contribution >= 0.6 is 0 Å². The molecule has 0 radical (unpaired) electrons. The number of carbonyl (C=O) groups is 6. The van der Waals surface area contributed by atoms with Crippen LogP contribution in [0, 0.1) is 62.6 Å². The van der Waals surface area contributed by atoms with Gasteiger partial charge in [0.25, 0.3) is 5.91 Å². The number of hydrogen-bond acceptors (Lipinski definition) is 9. The molecule has 13 nitrogen and oxygen atoms in total. The average Bonchev–Trinajstić information content (AvgIpc) is 3.81. The summed E-state index contributed by atoms with van der Waals surface area (Å²) in [6.07, 6.45) is 6.33. The molecule has 0 spiro atoms. The quantitative estimate of drug-likeness (QED) is 0.205. The zero-order valence-corrected chi connectivity index (χ0v) is 41.2. The van der Waals surface area contributed by atoms with Crippen LogP contribution in [0.15, 0.2) is 47.5 Å². The second-order valence-electron chi connectivity index (χ2n) is 23.8. The molecular weight excluding hydrogens is 837 g/mol. The molecule has 13 heteroatoms. The molecule has 66 heavy (non-hydrogen) atoms. The van der Waals surface area contributed by atoms with Crippen LogP contribution in [0.3, 0.4) is 0 Å². The van der Waals surface area contributed by atoms with Crippen LogP contribution in [-0.2, 0) is 28.7 Å². The smallest absolute Gasteiger partial charge is 0.435 e. The number of benzene rings is 1. The first-order valence-corrected chi connectivity index (χ1v) is 24.3. The lowest BCUT2D eigenvalue weighted by atomic mass is 9.33. The number of nitrogens with zero attached hydrogens (tertiary/aromatic N) is 2. The number of allylic oxidation sites excluding steroid dienone is 1. The molecule has 358 valence electrons. The number of hydrogen-bond donors (Lipinski definition) is 3. The standard InChI is InChI=1S/C53H72N4O9/c1-29(2)40-36(58)28-53(55-45(63)49(7,8)54-42(59)35-27-34(30-16-14-13-15-17-30)56-57(35)46(64)65-12)25-24-51(10)31(41(40)53)18-19-38-50(9)22-21-39(48(5,6)37(50)20-23-52(38,51)11)66-44(62)33-26-32(43(60)61)47(33,3)4/h13-17,27,29,31-33,37-39H,18-26,28H2,1-12H3,(H,54,59)(H,55,63)(H,60,61)/t31-,32+,33-,37+,38-,39+,50+,51-,52-,53-/m1/s1. The lowest BCUT2D eigenvalue weighted by molar-refractivity contribution is -0.235. The van der Waals surface area contributed by atoms with Crippen molar-refractivity contribution >= 4 is 35.6 Å². The van der Waals surface area contributed by atoms with Gasteiger partial charge in [-0.2, -0.15) is 9.78 Å². The molecule has 2 amide bonds. The first-order chi connectivity index (χ1) is 30.7. The van der Waals surface area contributed by atoms with E-state index in [1.54, 1.807) is 13.8 Å². The fourth-order valence-electron chi connectivity index (χ4n) is 15.2. The minimum absolute atomic E-state index is 0.0195. The summed E-state index contributed by atoms with van der Waals surface area (Å²) < 4.78 is 12.3. The van der Waals surface area contributed by atoms with Crippen molar-refractivity contribution in [3.63, 3.8) is 0 Å². The van der Waals surface area contributed by atoms with Gasteiger partial charge in [0.05, 0.1) is 30.2 Å². The Morgan fingerprint density at radius 2 is 1.53 bits per heavy atom. The monoisotopic (exact) mass is 909 g/mol. The van der Waals surface area contributed by atoms with Crippen LogP contribution in [-0.4, -0.2) is 74.8 Å². The van der Waals surface area contributed by atoms with E-state index in [2.05, 4.69) is 64.2 Å². The molecular formula is C53H72N4O9. The number of carboxylic acid groups (broad SMARTS) is 1. The van der Waals surface area contributed by atoms with Gasteiger partial charge in [0.1, 0.15) is 17.3 Å². The van der Waals surface area contributed by atoms with Crippen LogP contribution in [0.25, 0.3) is 11.3 Å². The Labute approximate surface area is 390 Å². The van der Waals surface area contributed by atoms with E-state index >= 15 is 0 Å². The summed E-state index contributed by atoms with van der Waals surface area (Å²) in [4.78, 5) is 81.5. The number of esters is 1. The molecule has 1 aromatic carbocycles. The van der Waals surface area contributed by atoms with E-state index in [0.29, 0.717) is 35.9 Å². The first-order valence-electron chi connectivity index (χ1n) is 24.3. The van der Waals surface area contributed by atoms with Gasteiger partial charge >= 0.3 is 18.0 Å². The van der Waals surface area contributed by atoms with Gasteiger partial charge in [-0.1, -0.05) is 92.6 Å². The maximum Gasteiger partial charge on any atom is 0.435 e. The number of carboxylic acids is 1. The molecule has 0 unspecified atom stereocenters. The number of rotatable bonds is 9. The molecule has 10 atom stereocenters. The van der Waals surface area contributed by atoms with Crippen molar-refractivity contribution in [3.8, 4) is 11.3 Å². The average molecular weight is 909 g/mol. The fraction of sp³-hybridized carbons (Fsp3) is 0.679. The number of Topliss-reactive ketones (excluding diaryl/α,β-unsaturated/α-hetero) is 1. The van der Waals surface area contributed by atoms with Gasteiger partial charge < -0.3 is 25.2 Å². The number of amides is 2. The number of aromatic nitrogens is 2. The van der Waals surface area contributed by atoms with E-state index < -0.39 is 52.2 Å². The van der Waals surface area contributed by atoms with Gasteiger partial charge in [-0.25, -0.2) is 4.79 Å². The molecule has 3 N–H and O–H groups in total. The second kappa shape index (κ2) is 15.9. The number of carbonyl (C=O) groups excluding carboxylic acids is 5. The SMILES string of the molecule is COC(=O)n1nc(-c2ccccc2)cc1C(=O)NC(C)(C)C(=O)N[C@@]12CC[C@]3(C)[C@H](CC[C@@H]4[C@@]5(C)CC[C@H](OC(=O)[C@H]6C[C@@H](C(=O)O)C6(C)C)C(C)(C)[C@@H]5CC[C@]43C)C1=C(C(C)C)C(=O)C2. The highest BCUT2D eigenvalue weighted by molar-refractivity contribution is 6.04. The summed E-state index contributed by atoms with van der Waals surface area (Å²) in [5, 5.41) is 20.4. The van der Waals surface area contributed by atoms with E-state index in [-0.39, 0.29) is 63.5 Å². The Morgan fingerprint density at radius 1 is 0.848 bits per heavy atom. The van der Waals surface area contributed by atoms with E-state index in [0.717, 1.165) is 60.8 Å². The largest absolute Gasteiger partial charge is 0.481 e. The van der Waals surface area contributed by atoms with Crippen LogP contribution < -0.4 is 10.6 Å². The maximum absolute atomic E-state index is 14.7. The predicted molar refractivity (Wildman–Crippen MR) is 248 cm³/mol. The van der Waals surface area contributed by atoms with Crippen molar-refractivity contribution in [1.82, 2.24) is 20.4 Å². The van der Waals surface area contributed by atoms with Crippen molar-refractivity contribution in [2.24, 2.45) is 62.6 Å². The number of ketones is 1. The van der Waals surface area contributed by atoms with Gasteiger partial charge in [0.2, 0.25) is 5.91 Å². The van der Waals surface area contributed by atoms with E-state index in [1.165, 1.54) is 13.2 Å². The summed E-state index contributed by atoms with van der Waals surface area (Å²) in [6.45, 7) is 23.1. The Balaban J connectivity index is 1.03. The molecule has 1 heterocycles. The normalized spacial score (nSPS) is 35.3. The highest BCUT2D eigenvalue weighted by Gasteiger charge is 2.71. The number of ether oxygens (including phenoxy) is 2. The van der Waals surface area contributed by atoms with E-state index in [4.69, 9.17) is 9.47 Å². The molecule has 0 aliphatic heterocycles. The summed E-state index contributed by atoms with van der Waals surface area (Å²) in [5.41, 5.74) is -0.626. The Kier molecular flexibility index (Phi) is 11.5. The third kappa shape index (κ3) is 7.00. The lowest BCUT2D eigenvalue weighted by Crippen LogP contribution is -2.68. The minimum atomic E-state index is -1.45. The second-order valence-corrected chi connectivity index (χ2v) is 23.8. The zero-order chi connectivity index (χ0) is 48.3. The van der Waals surface area contributed by atoms with Crippen molar-refractivity contribution in [2.45, 2.75) is 158 Å². The van der Waals surface area contributed by atoms with Crippen molar-refractivity contribution in [1.29, 1.82) is 0 Å².